The Morgan fingerprint density at radius 2 is 1.74 bits per heavy atom. The average molecular weight is 484 g/mol. The smallest absolute Gasteiger partial charge is 0.252 e. The summed E-state index contributed by atoms with van der Waals surface area (Å²) in [7, 11) is -1.31. The first-order valence-electron chi connectivity index (χ1n) is 10.2. The Labute approximate surface area is 195 Å². The average Bonchev–Trinajstić information content (AvgIpc) is 2.84. The minimum absolute atomic E-state index is 0.103. The van der Waals surface area contributed by atoms with Crippen LogP contribution in [0.4, 0.5) is 4.39 Å². The molecule has 4 aromatic rings. The lowest BCUT2D eigenvalue weighted by atomic mass is 10.1. The summed E-state index contributed by atoms with van der Waals surface area (Å²) in [6.45, 7) is -0.390. The van der Waals surface area contributed by atoms with Gasteiger partial charge in [0, 0.05) is 42.5 Å². The van der Waals surface area contributed by atoms with E-state index in [0.717, 1.165) is 10.4 Å². The number of ether oxygens (including phenoxy) is 2. The molecule has 1 N–H and O–H groups in total. The van der Waals surface area contributed by atoms with Crippen LogP contribution in [0, 0.1) is 5.82 Å². The van der Waals surface area contributed by atoms with Crippen molar-refractivity contribution in [1.82, 2.24) is 14.3 Å². The van der Waals surface area contributed by atoms with Crippen LogP contribution < -0.4 is 15.0 Å². The predicted octanol–water partition coefficient (Wildman–Crippen LogP) is 3.47. The minimum Gasteiger partial charge on any atom is -0.493 e. The summed E-state index contributed by atoms with van der Waals surface area (Å²) in [6.07, 6.45) is 3.08. The van der Waals surface area contributed by atoms with Crippen LogP contribution in [-0.2, 0) is 23.1 Å². The third-order valence-corrected chi connectivity index (χ3v) is 7.13. The molecular weight excluding hydrogens is 461 g/mol. The van der Waals surface area contributed by atoms with E-state index in [2.05, 4.69) is 9.97 Å². The topological polar surface area (TPSA) is 102 Å². The number of hydrogen-bond acceptors (Lipinski definition) is 6. The first-order valence-corrected chi connectivity index (χ1v) is 11.7. The molecule has 0 saturated carbocycles. The van der Waals surface area contributed by atoms with Crippen molar-refractivity contribution in [3.05, 3.63) is 94.3 Å². The molecule has 10 heteroatoms. The molecule has 0 amide bonds. The van der Waals surface area contributed by atoms with E-state index in [9.17, 15) is 17.6 Å². The van der Waals surface area contributed by atoms with Crippen molar-refractivity contribution in [2.45, 2.75) is 18.0 Å². The number of fused-ring (bicyclic) bond motifs is 1. The van der Waals surface area contributed by atoms with Gasteiger partial charge in [-0.05, 0) is 35.9 Å². The van der Waals surface area contributed by atoms with Crippen molar-refractivity contribution in [2.24, 2.45) is 0 Å². The second kappa shape index (κ2) is 9.62. The van der Waals surface area contributed by atoms with Crippen LogP contribution in [0.5, 0.6) is 11.5 Å². The van der Waals surface area contributed by atoms with Gasteiger partial charge in [-0.15, -0.1) is 0 Å². The molecule has 0 aliphatic heterocycles. The third-order valence-electron chi connectivity index (χ3n) is 5.31. The number of pyridine rings is 2. The monoisotopic (exact) mass is 483 g/mol. The molecule has 0 fully saturated rings. The van der Waals surface area contributed by atoms with E-state index in [4.69, 9.17) is 9.47 Å². The second-order valence-corrected chi connectivity index (χ2v) is 9.39. The Morgan fingerprint density at radius 1 is 1.00 bits per heavy atom. The maximum Gasteiger partial charge on any atom is 0.252 e. The first kappa shape index (κ1) is 23.4. The fourth-order valence-corrected chi connectivity index (χ4v) is 5.07. The first-order chi connectivity index (χ1) is 16.3. The number of nitrogens with zero attached hydrogens (tertiary/aromatic N) is 2. The Kier molecular flexibility index (Phi) is 6.62. The van der Waals surface area contributed by atoms with E-state index >= 15 is 0 Å². The largest absolute Gasteiger partial charge is 0.493 e. The molecule has 0 atom stereocenters. The van der Waals surface area contributed by atoms with E-state index in [1.54, 1.807) is 36.5 Å². The van der Waals surface area contributed by atoms with Crippen LogP contribution in [-0.4, -0.2) is 36.9 Å². The zero-order valence-corrected chi connectivity index (χ0v) is 19.3. The molecule has 176 valence electrons. The molecule has 0 radical (unpaired) electrons. The molecule has 8 nitrogen and oxygen atoms in total. The molecule has 4 rings (SSSR count). The highest BCUT2D eigenvalue weighted by Crippen LogP contribution is 2.31. The molecule has 0 unspecified atom stereocenters. The Morgan fingerprint density at radius 3 is 2.41 bits per heavy atom. The van der Waals surface area contributed by atoms with E-state index in [-0.39, 0.29) is 18.7 Å². The lowest BCUT2D eigenvalue weighted by Crippen LogP contribution is -2.33. The quantitative estimate of drug-likeness (QED) is 0.412. The van der Waals surface area contributed by atoms with Crippen LogP contribution in [0.2, 0.25) is 0 Å². The van der Waals surface area contributed by atoms with Crippen molar-refractivity contribution in [2.75, 3.05) is 14.2 Å². The standard InChI is InChI=1S/C24H22FN3O5S/c1-32-21-11-17-10-18(24(29)27-20(17)12-22(21)33-2)15-28(14-16-6-5-9-26-13-16)34(30,31)23-8-4-3-7-19(23)25/h3-13H,14-15H2,1-2H3,(H,27,29). The molecule has 0 saturated heterocycles. The summed E-state index contributed by atoms with van der Waals surface area (Å²) in [4.78, 5) is 19.2. The number of sulfonamides is 1. The van der Waals surface area contributed by atoms with Gasteiger partial charge in [-0.3, -0.25) is 9.78 Å². The lowest BCUT2D eigenvalue weighted by molar-refractivity contribution is 0.355. The fourth-order valence-electron chi connectivity index (χ4n) is 3.60. The minimum atomic E-state index is -4.29. The Hall–Kier alpha value is -3.76. The highest BCUT2D eigenvalue weighted by atomic mass is 32.2. The molecule has 2 aromatic carbocycles. The van der Waals surface area contributed by atoms with E-state index in [1.807, 2.05) is 0 Å². The molecule has 2 aromatic heterocycles. The van der Waals surface area contributed by atoms with Gasteiger partial charge < -0.3 is 14.5 Å². The van der Waals surface area contributed by atoms with Gasteiger partial charge in [0.25, 0.3) is 5.56 Å². The summed E-state index contributed by atoms with van der Waals surface area (Å²) in [5.74, 6) is 0.0286. The van der Waals surface area contributed by atoms with Gasteiger partial charge in [-0.25, -0.2) is 12.8 Å². The van der Waals surface area contributed by atoms with Crippen molar-refractivity contribution in [3.63, 3.8) is 0 Å². The number of hydrogen-bond donors (Lipinski definition) is 1. The van der Waals surface area contributed by atoms with Crippen LogP contribution in [0.25, 0.3) is 10.9 Å². The number of rotatable bonds is 8. The van der Waals surface area contributed by atoms with E-state index < -0.39 is 26.3 Å². The number of methoxy groups -OCH3 is 2. The number of benzene rings is 2. The highest BCUT2D eigenvalue weighted by Gasteiger charge is 2.28. The number of aromatic nitrogens is 2. The van der Waals surface area contributed by atoms with Gasteiger partial charge in [-0.2, -0.15) is 4.31 Å². The SMILES string of the molecule is COc1cc2cc(CN(Cc3cccnc3)S(=O)(=O)c3ccccc3F)c(=O)[nH]c2cc1OC. The number of aromatic amines is 1. The van der Waals surface area contributed by atoms with Crippen LogP contribution >= 0.6 is 0 Å². The maximum absolute atomic E-state index is 14.5. The van der Waals surface area contributed by atoms with Gasteiger partial charge in [-0.1, -0.05) is 18.2 Å². The fraction of sp³-hybridized carbons (Fsp3) is 0.167. The van der Waals surface area contributed by atoms with Gasteiger partial charge >= 0.3 is 0 Å². The molecule has 34 heavy (non-hydrogen) atoms. The number of halogens is 1. The zero-order valence-electron chi connectivity index (χ0n) is 18.5. The Balaban J connectivity index is 1.80. The molecular formula is C24H22FN3O5S. The van der Waals surface area contributed by atoms with Gasteiger partial charge in [0.15, 0.2) is 11.5 Å². The third kappa shape index (κ3) is 4.63. The summed E-state index contributed by atoms with van der Waals surface area (Å²) in [6, 6.07) is 13.4. The highest BCUT2D eigenvalue weighted by molar-refractivity contribution is 7.89. The summed E-state index contributed by atoms with van der Waals surface area (Å²) >= 11 is 0. The maximum atomic E-state index is 14.5. The molecule has 0 aliphatic carbocycles. The molecule has 0 bridgehead atoms. The van der Waals surface area contributed by atoms with Crippen molar-refractivity contribution in [3.8, 4) is 11.5 Å². The van der Waals surface area contributed by atoms with Gasteiger partial charge in [0.2, 0.25) is 10.0 Å². The summed E-state index contributed by atoms with van der Waals surface area (Å²) < 4.78 is 53.0. The van der Waals surface area contributed by atoms with Crippen LogP contribution in [0.1, 0.15) is 11.1 Å². The normalized spacial score (nSPS) is 11.6. The molecule has 0 aliphatic rings. The summed E-state index contributed by atoms with van der Waals surface area (Å²) in [5, 5.41) is 0.622. The van der Waals surface area contributed by atoms with Crippen LogP contribution in [0.3, 0.4) is 0 Å². The molecule has 0 spiro atoms. The van der Waals surface area contributed by atoms with E-state index in [1.165, 1.54) is 38.6 Å². The van der Waals surface area contributed by atoms with Gasteiger partial charge in [0.1, 0.15) is 10.7 Å². The van der Waals surface area contributed by atoms with Crippen molar-refractivity contribution >= 4 is 20.9 Å². The molecule has 2 heterocycles. The second-order valence-electron chi connectivity index (χ2n) is 7.48. The van der Waals surface area contributed by atoms with E-state index in [0.29, 0.717) is 28.0 Å². The van der Waals surface area contributed by atoms with Crippen molar-refractivity contribution in [1.29, 1.82) is 0 Å². The zero-order chi connectivity index (χ0) is 24.3. The number of H-pyrrole nitrogens is 1. The summed E-state index contributed by atoms with van der Waals surface area (Å²) in [5.41, 5.74) is 0.802. The van der Waals surface area contributed by atoms with Gasteiger partial charge in [0.05, 0.1) is 19.7 Å². The Bertz CT molecular complexity index is 1490. The predicted molar refractivity (Wildman–Crippen MR) is 125 cm³/mol. The van der Waals surface area contributed by atoms with Crippen molar-refractivity contribution < 1.29 is 22.3 Å². The number of nitrogens with one attached hydrogen (secondary N) is 1. The van der Waals surface area contributed by atoms with Crippen LogP contribution in [0.15, 0.2) is 76.7 Å². The lowest BCUT2D eigenvalue weighted by Gasteiger charge is -2.22.